The van der Waals surface area contributed by atoms with Gasteiger partial charge in [0.1, 0.15) is 0 Å². The molecule has 0 aliphatic rings. The van der Waals surface area contributed by atoms with E-state index in [0.29, 0.717) is 22.1 Å². The van der Waals surface area contributed by atoms with E-state index >= 15 is 0 Å². The molecule has 0 aliphatic heterocycles. The van der Waals surface area contributed by atoms with Crippen molar-refractivity contribution in [2.45, 2.75) is 19.3 Å². The average Bonchev–Trinajstić information content (AvgIpc) is 3.52. The summed E-state index contributed by atoms with van der Waals surface area (Å²) in [5.74, 6) is 0.0408. The van der Waals surface area contributed by atoms with Crippen LogP contribution in [0.5, 0.6) is 0 Å². The molecule has 4 aromatic rings. The van der Waals surface area contributed by atoms with E-state index in [1.807, 2.05) is 44.6 Å². The molecule has 0 unspecified atom stereocenters. The lowest BCUT2D eigenvalue weighted by atomic mass is 10.1. The number of anilines is 1. The van der Waals surface area contributed by atoms with Gasteiger partial charge in [-0.15, -0.1) is 16.4 Å². The molecular weight excluding hydrogens is 484 g/mol. The summed E-state index contributed by atoms with van der Waals surface area (Å²) in [6.07, 6.45) is 5.39. The summed E-state index contributed by atoms with van der Waals surface area (Å²) in [7, 11) is 3.96. The first-order valence-corrected chi connectivity index (χ1v) is 12.5. The number of benzene rings is 1. The number of nitrogens with one attached hydrogen (secondary N) is 1. The van der Waals surface area contributed by atoms with Crippen molar-refractivity contribution in [3.05, 3.63) is 86.2 Å². The van der Waals surface area contributed by atoms with Crippen LogP contribution in [0.3, 0.4) is 0 Å². The Hall–Kier alpha value is -3.27. The third-order valence-electron chi connectivity index (χ3n) is 5.64. The van der Waals surface area contributed by atoms with Gasteiger partial charge in [-0.3, -0.25) is 14.2 Å². The van der Waals surface area contributed by atoms with Crippen LogP contribution in [0.1, 0.15) is 28.2 Å². The number of nitrogens with zero attached hydrogens (tertiary/aromatic N) is 5. The van der Waals surface area contributed by atoms with Crippen molar-refractivity contribution in [2.75, 3.05) is 32.1 Å². The third-order valence-corrected chi connectivity index (χ3v) is 6.91. The summed E-state index contributed by atoms with van der Waals surface area (Å²) in [5.41, 5.74) is 3.18. The molecule has 182 valence electrons. The Kier molecular flexibility index (Phi) is 8.12. The molecule has 1 aromatic carbocycles. The van der Waals surface area contributed by atoms with Gasteiger partial charge in [-0.1, -0.05) is 22.9 Å². The topological polar surface area (TPSA) is 85.0 Å². The molecule has 10 heteroatoms. The normalized spacial score (nSPS) is 11.1. The van der Waals surface area contributed by atoms with Gasteiger partial charge in [0.05, 0.1) is 38.2 Å². The van der Waals surface area contributed by atoms with Crippen LogP contribution in [0.25, 0.3) is 11.4 Å². The highest BCUT2D eigenvalue weighted by molar-refractivity contribution is 7.18. The quantitative estimate of drug-likeness (QED) is 0.242. The van der Waals surface area contributed by atoms with Crippen LogP contribution >= 0.6 is 22.9 Å². The Bertz CT molecular complexity index is 1360. The lowest BCUT2D eigenvalue weighted by molar-refractivity contribution is 0.0986. The van der Waals surface area contributed by atoms with E-state index in [9.17, 15) is 9.59 Å². The molecule has 4 rings (SSSR count). The monoisotopic (exact) mass is 510 g/mol. The third kappa shape index (κ3) is 6.05. The van der Waals surface area contributed by atoms with Gasteiger partial charge in [0.25, 0.3) is 5.56 Å². The van der Waals surface area contributed by atoms with Crippen LogP contribution in [-0.2, 0) is 6.42 Å². The molecule has 8 nitrogen and oxygen atoms in total. The van der Waals surface area contributed by atoms with Crippen LogP contribution in [0.15, 0.2) is 65.7 Å². The fourth-order valence-electron chi connectivity index (χ4n) is 3.77. The number of rotatable bonds is 11. The highest BCUT2D eigenvalue weighted by atomic mass is 35.5. The van der Waals surface area contributed by atoms with E-state index < -0.39 is 0 Å². The van der Waals surface area contributed by atoms with E-state index in [4.69, 9.17) is 11.6 Å². The Labute approximate surface area is 212 Å². The highest BCUT2D eigenvalue weighted by Gasteiger charge is 2.15. The second-order valence-corrected chi connectivity index (χ2v) is 9.86. The van der Waals surface area contributed by atoms with Gasteiger partial charge in [0.15, 0.2) is 5.78 Å². The molecule has 3 aromatic heterocycles. The first-order chi connectivity index (χ1) is 17.0. The summed E-state index contributed by atoms with van der Waals surface area (Å²) in [4.78, 5) is 27.6. The van der Waals surface area contributed by atoms with Gasteiger partial charge in [-0.2, -0.15) is 0 Å². The number of aromatic nitrogens is 4. The lowest BCUT2D eigenvalue weighted by Crippen LogP contribution is -2.24. The number of carbonyl (C=O) groups is 1. The summed E-state index contributed by atoms with van der Waals surface area (Å²) in [5, 5.41) is 11.8. The maximum absolute atomic E-state index is 12.4. The van der Waals surface area contributed by atoms with Crippen LogP contribution in [0.2, 0.25) is 4.34 Å². The van der Waals surface area contributed by atoms with Crippen molar-refractivity contribution in [1.29, 1.82) is 0 Å². The van der Waals surface area contributed by atoms with Crippen molar-refractivity contribution < 1.29 is 4.79 Å². The molecule has 3 heterocycles. The number of aryl methyl sites for hydroxylation is 1. The summed E-state index contributed by atoms with van der Waals surface area (Å²) < 4.78 is 3.94. The fraction of sp³-hybridized carbons (Fsp3) is 0.280. The predicted molar refractivity (Wildman–Crippen MR) is 141 cm³/mol. The lowest BCUT2D eigenvalue weighted by Gasteiger charge is -2.23. The molecule has 1 N–H and O–H groups in total. The molecule has 0 fully saturated rings. The number of Topliss-reactive ketones (excluding diaryl/α,β-unsaturated/α-hetero) is 1. The zero-order chi connectivity index (χ0) is 24.8. The van der Waals surface area contributed by atoms with Gasteiger partial charge >= 0.3 is 0 Å². The Morgan fingerprint density at radius 2 is 2.06 bits per heavy atom. The Morgan fingerprint density at radius 1 is 1.20 bits per heavy atom. The maximum Gasteiger partial charge on any atom is 0.255 e. The first kappa shape index (κ1) is 24.8. The van der Waals surface area contributed by atoms with Gasteiger partial charge < -0.3 is 10.2 Å². The minimum Gasteiger partial charge on any atom is -0.373 e. The van der Waals surface area contributed by atoms with Gasteiger partial charge in [0, 0.05) is 38.7 Å². The maximum atomic E-state index is 12.4. The number of carbonyl (C=O) groups excluding carboxylic acids is 1. The average molecular weight is 511 g/mol. The second-order valence-electron chi connectivity index (χ2n) is 8.14. The number of ketones is 1. The van der Waals surface area contributed by atoms with E-state index in [0.717, 1.165) is 42.3 Å². The molecule has 0 aliphatic carbocycles. The molecule has 0 spiro atoms. The first-order valence-electron chi connectivity index (χ1n) is 11.3. The predicted octanol–water partition coefficient (Wildman–Crippen LogP) is 3.99. The number of hydrogen-bond donors (Lipinski definition) is 1. The van der Waals surface area contributed by atoms with Crippen LogP contribution in [0.4, 0.5) is 5.69 Å². The smallest absolute Gasteiger partial charge is 0.255 e. The largest absolute Gasteiger partial charge is 0.373 e. The zero-order valence-electron chi connectivity index (χ0n) is 19.6. The summed E-state index contributed by atoms with van der Waals surface area (Å²) >= 11 is 7.23. The fourth-order valence-corrected chi connectivity index (χ4v) is 4.79. The standard InChI is InChI=1S/C25H27ClN6O2S/c1-27-13-5-14-30(2)21-16-19(31-15-4-3-6-25(31)34)8-9-20(21)32-17-18(28-29-32)7-10-22(33)23-11-12-24(26)35-23/h3-4,6,8-9,11-12,15-17,27H,5,7,10,13-14H2,1-2H3. The minimum absolute atomic E-state index is 0.0408. The van der Waals surface area contributed by atoms with E-state index in [1.54, 1.807) is 39.7 Å². The van der Waals surface area contributed by atoms with Crippen molar-refractivity contribution in [3.63, 3.8) is 0 Å². The number of halogens is 1. The van der Waals surface area contributed by atoms with Gasteiger partial charge in [-0.05, 0) is 56.4 Å². The molecule has 0 amide bonds. The van der Waals surface area contributed by atoms with Crippen LogP contribution in [-0.4, -0.2) is 52.5 Å². The molecule has 0 saturated heterocycles. The number of hydrogen-bond acceptors (Lipinski definition) is 7. The van der Waals surface area contributed by atoms with Crippen molar-refractivity contribution in [2.24, 2.45) is 0 Å². The van der Waals surface area contributed by atoms with Gasteiger partial charge in [0.2, 0.25) is 0 Å². The Balaban J connectivity index is 1.59. The molecule has 0 radical (unpaired) electrons. The molecule has 0 bridgehead atoms. The van der Waals surface area contributed by atoms with Crippen molar-refractivity contribution in [1.82, 2.24) is 24.9 Å². The van der Waals surface area contributed by atoms with Gasteiger partial charge in [-0.25, -0.2) is 4.68 Å². The summed E-state index contributed by atoms with van der Waals surface area (Å²) in [6.45, 7) is 1.72. The molecule has 35 heavy (non-hydrogen) atoms. The second kappa shape index (κ2) is 11.4. The number of pyridine rings is 1. The van der Waals surface area contributed by atoms with Crippen LogP contribution < -0.4 is 15.8 Å². The van der Waals surface area contributed by atoms with Crippen LogP contribution in [0, 0.1) is 0 Å². The highest BCUT2D eigenvalue weighted by Crippen LogP contribution is 2.27. The SMILES string of the molecule is CNCCCN(C)c1cc(-n2ccccc2=O)ccc1-n1cc(CCC(=O)c2ccc(Cl)s2)nn1. The Morgan fingerprint density at radius 3 is 2.80 bits per heavy atom. The van der Waals surface area contributed by atoms with E-state index in [-0.39, 0.29) is 11.3 Å². The van der Waals surface area contributed by atoms with E-state index in [2.05, 4.69) is 20.5 Å². The number of thiophene rings is 1. The van der Waals surface area contributed by atoms with Crippen molar-refractivity contribution in [3.8, 4) is 11.4 Å². The zero-order valence-corrected chi connectivity index (χ0v) is 21.2. The molecule has 0 atom stereocenters. The molecule has 0 saturated carbocycles. The minimum atomic E-state index is -0.0937. The van der Waals surface area contributed by atoms with Crippen molar-refractivity contribution >= 4 is 34.4 Å². The summed E-state index contributed by atoms with van der Waals surface area (Å²) in [6, 6.07) is 14.4. The molecular formula is C25H27ClN6O2S. The van der Waals surface area contributed by atoms with E-state index in [1.165, 1.54) is 11.3 Å².